The lowest BCUT2D eigenvalue weighted by molar-refractivity contribution is -0.209. The first-order chi connectivity index (χ1) is 29.1. The number of carboxylic acids is 6. The van der Waals surface area contributed by atoms with Crippen LogP contribution in [0.3, 0.4) is 0 Å². The van der Waals surface area contributed by atoms with Crippen molar-refractivity contribution in [2.75, 3.05) is 27.4 Å². The average molecular weight is 953 g/mol. The fourth-order valence-electron chi connectivity index (χ4n) is 2.40. The van der Waals surface area contributed by atoms with Gasteiger partial charge in [-0.1, -0.05) is 72.7 Å². The molecule has 0 rings (SSSR count). The van der Waals surface area contributed by atoms with Gasteiger partial charge in [-0.3, -0.25) is 0 Å². The molecule has 0 aromatic carbocycles. The molecule has 0 amide bonds. The summed E-state index contributed by atoms with van der Waals surface area (Å²) in [5, 5.41) is 49.2. The van der Waals surface area contributed by atoms with E-state index in [1.807, 2.05) is 20.8 Å². The highest BCUT2D eigenvalue weighted by molar-refractivity contribution is 5.88. The zero-order valence-electron chi connectivity index (χ0n) is 38.8. The lowest BCUT2D eigenvalue weighted by Crippen LogP contribution is -2.34. The summed E-state index contributed by atoms with van der Waals surface area (Å²) in [6.45, 7) is 30.8. The van der Waals surface area contributed by atoms with Crippen LogP contribution < -0.4 is 0 Å². The Hall–Kier alpha value is -6.03. The summed E-state index contributed by atoms with van der Waals surface area (Å²) in [5.41, 5.74) is 0.834. The van der Waals surface area contributed by atoms with E-state index in [1.54, 1.807) is 27.0 Å². The molecule has 0 aromatic rings. The molecular weight excluding hydrogens is 886 g/mol. The van der Waals surface area contributed by atoms with Gasteiger partial charge in [-0.05, 0) is 52.4 Å². The molecule has 0 aliphatic carbocycles. The summed E-state index contributed by atoms with van der Waals surface area (Å²) in [5.74, 6) is -10.3. The van der Waals surface area contributed by atoms with Gasteiger partial charge in [0.15, 0.2) is 0 Å². The van der Waals surface area contributed by atoms with E-state index in [0.29, 0.717) is 51.0 Å². The van der Waals surface area contributed by atoms with E-state index in [9.17, 15) is 59.9 Å². The molecule has 0 radical (unpaired) electrons. The Labute approximate surface area is 376 Å². The minimum Gasteiger partial charge on any atom is -0.478 e. The van der Waals surface area contributed by atoms with Crippen LogP contribution in [-0.2, 0) is 47.8 Å². The van der Waals surface area contributed by atoms with Crippen molar-refractivity contribution in [1.29, 1.82) is 0 Å². The highest BCUT2D eigenvalue weighted by Crippen LogP contribution is 2.23. The number of carbonyl (C=O) groups excluding carboxylic acids is 1. The first-order valence-corrected chi connectivity index (χ1v) is 18.5. The molecule has 0 saturated carbocycles. The predicted molar refractivity (Wildman–Crippen MR) is 230 cm³/mol. The molecule has 0 saturated heterocycles. The average Bonchev–Trinajstić information content (AvgIpc) is 3.15. The summed E-state index contributed by atoms with van der Waals surface area (Å²) < 4.78 is 83.6. The third-order valence-corrected chi connectivity index (χ3v) is 6.13. The molecule has 0 fully saturated rings. The quantitative estimate of drug-likeness (QED) is 0.0323. The number of halogens is 6. The molecule has 1 atom stereocenters. The minimum absolute atomic E-state index is 0.0392. The second-order valence-corrected chi connectivity index (χ2v) is 14.0. The maximum absolute atomic E-state index is 12.6. The van der Waals surface area contributed by atoms with Crippen molar-refractivity contribution >= 4 is 41.8 Å². The lowest BCUT2D eigenvalue weighted by atomic mass is 9.94. The monoisotopic (exact) mass is 952 g/mol. The van der Waals surface area contributed by atoms with Crippen LogP contribution >= 0.6 is 0 Å². The molecule has 22 heteroatoms. The van der Waals surface area contributed by atoms with Crippen molar-refractivity contribution in [3.8, 4) is 0 Å². The van der Waals surface area contributed by atoms with E-state index in [1.165, 1.54) is 21.0 Å². The minimum atomic E-state index is -4.32. The van der Waals surface area contributed by atoms with Gasteiger partial charge in [-0.25, -0.2) is 42.3 Å². The highest BCUT2D eigenvalue weighted by Gasteiger charge is 2.39. The van der Waals surface area contributed by atoms with Gasteiger partial charge in [-0.15, -0.1) is 0 Å². The van der Waals surface area contributed by atoms with Crippen LogP contribution in [0.25, 0.3) is 0 Å². The molecule has 0 heterocycles. The Balaban J connectivity index is -0.000000122. The van der Waals surface area contributed by atoms with Crippen molar-refractivity contribution in [2.24, 2.45) is 5.41 Å². The molecule has 0 aromatic heterocycles. The number of carboxylic acid groups (broad SMARTS) is 6. The molecule has 0 spiro atoms. The Morgan fingerprint density at radius 1 is 0.585 bits per heavy atom. The fourth-order valence-corrected chi connectivity index (χ4v) is 2.40. The van der Waals surface area contributed by atoms with Crippen LogP contribution in [0.5, 0.6) is 0 Å². The summed E-state index contributed by atoms with van der Waals surface area (Å²) in [4.78, 5) is 70.5. The van der Waals surface area contributed by atoms with Crippen LogP contribution in [0.2, 0.25) is 0 Å². The van der Waals surface area contributed by atoms with E-state index >= 15 is 0 Å². The zero-order chi connectivity index (χ0) is 53.6. The predicted octanol–water partition coefficient (Wildman–Crippen LogP) is 9.49. The van der Waals surface area contributed by atoms with Gasteiger partial charge in [0.05, 0.1) is 13.0 Å². The number of allylic oxidation sites excluding steroid dienone is 2. The Morgan fingerprint density at radius 3 is 1.17 bits per heavy atom. The third kappa shape index (κ3) is 60.1. The van der Waals surface area contributed by atoms with Gasteiger partial charge in [0, 0.05) is 73.2 Å². The SMILES string of the molecule is C=C(C)C(=O)O.C=C(C)C(=O)OC(C)(F)C(F)F.C=C(CC)C(=O)O.C=C(CCCOC)C(=O)O.C=C(CCOC)C(=O)O.CC(=CC(C)(C)C)C(=O)O.CC(=CCC(F)(F)F)C(=O)O. The molecule has 0 bridgehead atoms. The number of esters is 1. The number of rotatable bonds is 18. The van der Waals surface area contributed by atoms with Crippen molar-refractivity contribution in [1.82, 2.24) is 0 Å². The second kappa shape index (κ2) is 39.6. The second-order valence-electron chi connectivity index (χ2n) is 14.0. The molecule has 6 N–H and O–H groups in total. The van der Waals surface area contributed by atoms with Crippen molar-refractivity contribution in [3.05, 3.63) is 84.1 Å². The van der Waals surface area contributed by atoms with E-state index < -0.39 is 66.7 Å². The van der Waals surface area contributed by atoms with Gasteiger partial charge < -0.3 is 44.8 Å². The molecule has 16 nitrogen and oxygen atoms in total. The van der Waals surface area contributed by atoms with Gasteiger partial charge in [0.25, 0.3) is 0 Å². The first-order valence-electron chi connectivity index (χ1n) is 18.5. The smallest absolute Gasteiger partial charge is 0.392 e. The van der Waals surface area contributed by atoms with E-state index in [2.05, 4.69) is 42.4 Å². The Bertz CT molecular complexity index is 1620. The fraction of sp³-hybridized carbons (Fsp3) is 0.512. The van der Waals surface area contributed by atoms with E-state index in [0.717, 1.165) is 13.3 Å². The van der Waals surface area contributed by atoms with E-state index in [4.69, 9.17) is 35.4 Å². The van der Waals surface area contributed by atoms with Crippen LogP contribution in [-0.4, -0.2) is 118 Å². The molecular formula is C43H66F6O16. The van der Waals surface area contributed by atoms with Gasteiger partial charge in [-0.2, -0.15) is 17.6 Å². The third-order valence-electron chi connectivity index (χ3n) is 6.13. The number of hydrogen-bond donors (Lipinski definition) is 6. The number of alkyl halides is 6. The summed E-state index contributed by atoms with van der Waals surface area (Å²) >= 11 is 0. The number of ether oxygens (including phenoxy) is 3. The zero-order valence-corrected chi connectivity index (χ0v) is 38.8. The lowest BCUT2D eigenvalue weighted by Gasteiger charge is -2.19. The number of aliphatic carboxylic acids is 6. The summed E-state index contributed by atoms with van der Waals surface area (Å²) in [6, 6.07) is 0. The van der Waals surface area contributed by atoms with Gasteiger partial charge >= 0.3 is 60.2 Å². The molecule has 1 unspecified atom stereocenters. The van der Waals surface area contributed by atoms with Crippen LogP contribution in [0.15, 0.2) is 84.1 Å². The number of hydrogen-bond acceptors (Lipinski definition) is 10. The Morgan fingerprint density at radius 2 is 0.954 bits per heavy atom. The van der Waals surface area contributed by atoms with Crippen LogP contribution in [0, 0.1) is 5.41 Å². The summed E-state index contributed by atoms with van der Waals surface area (Å²) in [7, 11) is 3.11. The maximum Gasteiger partial charge on any atom is 0.392 e. The molecule has 65 heavy (non-hydrogen) atoms. The molecule has 0 aliphatic rings. The highest BCUT2D eigenvalue weighted by atomic mass is 19.4. The molecule has 376 valence electrons. The normalized spacial score (nSPS) is 11.4. The van der Waals surface area contributed by atoms with Gasteiger partial charge in [0.2, 0.25) is 0 Å². The van der Waals surface area contributed by atoms with Crippen molar-refractivity contribution in [3.63, 3.8) is 0 Å². The largest absolute Gasteiger partial charge is 0.478 e. The number of methoxy groups -OCH3 is 2. The molecule has 0 aliphatic heterocycles. The standard InChI is InChI=1S/C8H14O2.C7H9F3O2.C7H12O3.C6H7F3O2.C6H10O3.C5H8O2.C4H6O2/c1-6(7(9)10)5-8(2,3)4;1-4(2)5(11)12-7(3,10)6(8)9;1-6(7(8)9)4-3-5-10-2;1-4(5(10)11)2-3-6(7,8)9;1-5(6(7)8)3-4-9-2;1-3-4(2)5(6)7;1-3(2)4(5)6/h5H,1-4H3,(H,9,10);6H,1H2,2-3H3;1,3-5H2,2H3,(H,8,9);2H,3H2,1H3,(H,10,11);1,3-4H2,2H3,(H,7,8);2-3H2,1H3,(H,6,7);1H2,2H3,(H,5,6). The Kier molecular flexibility index (Phi) is 44.6. The topological polar surface area (TPSA) is 269 Å². The first kappa shape index (κ1) is 73.4. The number of carbonyl (C=O) groups is 7. The summed E-state index contributed by atoms with van der Waals surface area (Å²) in [6.07, 6.45) is -4.34. The maximum atomic E-state index is 12.6. The van der Waals surface area contributed by atoms with Gasteiger partial charge in [0.1, 0.15) is 0 Å². The van der Waals surface area contributed by atoms with Crippen LogP contribution in [0.1, 0.15) is 94.4 Å². The van der Waals surface area contributed by atoms with Crippen LogP contribution in [0.4, 0.5) is 26.3 Å². The van der Waals surface area contributed by atoms with Crippen molar-refractivity contribution in [2.45, 2.75) is 113 Å². The van der Waals surface area contributed by atoms with Crippen molar-refractivity contribution < 1.29 is 105 Å². The van der Waals surface area contributed by atoms with E-state index in [-0.39, 0.29) is 38.9 Å².